The van der Waals surface area contributed by atoms with Crippen LogP contribution in [0.2, 0.25) is 0 Å². The maximum Gasteiger partial charge on any atom is 0.180 e. The van der Waals surface area contributed by atoms with Crippen LogP contribution in [0, 0.1) is 0 Å². The average Bonchev–Trinajstić information content (AvgIpc) is 3.03. The molecule has 0 amide bonds. The number of rotatable bonds is 3. The summed E-state index contributed by atoms with van der Waals surface area (Å²) in [6.07, 6.45) is 0.846. The fourth-order valence-electron chi connectivity index (χ4n) is 1.86. The Bertz CT molecular complexity index is 714. The number of aryl methyl sites for hydroxylation is 1. The van der Waals surface area contributed by atoms with E-state index < -0.39 is 0 Å². The molecule has 0 spiro atoms. The highest BCUT2D eigenvalue weighted by Gasteiger charge is 2.14. The first-order chi connectivity index (χ1) is 9.19. The van der Waals surface area contributed by atoms with Crippen molar-refractivity contribution in [1.82, 2.24) is 24.5 Å². The minimum atomic E-state index is 0.719. The summed E-state index contributed by atoms with van der Waals surface area (Å²) in [7, 11) is 3.92. The molecule has 0 saturated heterocycles. The summed E-state index contributed by atoms with van der Waals surface area (Å²) >= 11 is 1.36. The molecular formula is C12H14N6S. The van der Waals surface area contributed by atoms with Crippen LogP contribution in [0.5, 0.6) is 0 Å². The maximum absolute atomic E-state index is 4.54. The van der Waals surface area contributed by atoms with Gasteiger partial charge in [0.25, 0.3) is 0 Å². The van der Waals surface area contributed by atoms with Crippen LogP contribution < -0.4 is 4.90 Å². The first kappa shape index (κ1) is 12.0. The molecule has 3 rings (SSSR count). The molecular weight excluding hydrogens is 260 g/mol. The van der Waals surface area contributed by atoms with Crippen LogP contribution >= 0.6 is 11.5 Å². The summed E-state index contributed by atoms with van der Waals surface area (Å²) in [6, 6.07) is 3.96. The summed E-state index contributed by atoms with van der Waals surface area (Å²) in [5, 5.41) is 4.11. The number of nitrogens with one attached hydrogen (secondary N) is 1. The van der Waals surface area contributed by atoms with Gasteiger partial charge < -0.3 is 9.88 Å². The van der Waals surface area contributed by atoms with Gasteiger partial charge in [-0.15, -0.1) is 5.10 Å². The topological polar surface area (TPSA) is 70.6 Å². The van der Waals surface area contributed by atoms with E-state index in [1.54, 1.807) is 0 Å². The van der Waals surface area contributed by atoms with Crippen LogP contribution in [0.3, 0.4) is 0 Å². The third-order valence-corrected chi connectivity index (χ3v) is 3.67. The van der Waals surface area contributed by atoms with Crippen molar-refractivity contribution in [3.63, 3.8) is 0 Å². The highest BCUT2D eigenvalue weighted by atomic mass is 32.1. The SMILES string of the molecule is CCc1nnsc1-c1nc2nc(N(C)C)ccc2[nH]1. The van der Waals surface area contributed by atoms with Crippen LogP contribution in [0.25, 0.3) is 21.9 Å². The first-order valence-corrected chi connectivity index (χ1v) is 6.82. The van der Waals surface area contributed by atoms with Gasteiger partial charge >= 0.3 is 0 Å². The molecule has 0 aliphatic heterocycles. The lowest BCUT2D eigenvalue weighted by Gasteiger charge is -2.09. The van der Waals surface area contributed by atoms with E-state index >= 15 is 0 Å². The van der Waals surface area contributed by atoms with E-state index in [4.69, 9.17) is 0 Å². The molecule has 1 N–H and O–H groups in total. The molecule has 3 aromatic heterocycles. The number of pyridine rings is 1. The normalized spacial score (nSPS) is 11.1. The molecule has 0 unspecified atom stereocenters. The monoisotopic (exact) mass is 274 g/mol. The van der Waals surface area contributed by atoms with Gasteiger partial charge in [0.1, 0.15) is 10.7 Å². The van der Waals surface area contributed by atoms with Gasteiger partial charge in [0, 0.05) is 14.1 Å². The predicted molar refractivity (Wildman–Crippen MR) is 76.5 cm³/mol. The molecule has 98 valence electrons. The van der Waals surface area contributed by atoms with Gasteiger partial charge in [-0.05, 0) is 30.1 Å². The smallest absolute Gasteiger partial charge is 0.180 e. The van der Waals surface area contributed by atoms with Gasteiger partial charge in [0.2, 0.25) is 0 Å². The minimum Gasteiger partial charge on any atom is -0.363 e. The molecule has 0 atom stereocenters. The number of aromatic nitrogens is 5. The van der Waals surface area contributed by atoms with Gasteiger partial charge in [-0.1, -0.05) is 11.4 Å². The highest BCUT2D eigenvalue weighted by Crippen LogP contribution is 2.26. The van der Waals surface area contributed by atoms with Gasteiger partial charge in [-0.2, -0.15) is 0 Å². The average molecular weight is 274 g/mol. The summed E-state index contributed by atoms with van der Waals surface area (Å²) < 4.78 is 3.99. The minimum absolute atomic E-state index is 0.719. The standard InChI is InChI=1S/C12H14N6S/c1-4-7-10(19-17-16-7)12-13-8-5-6-9(18(2)3)14-11(8)15-12/h5-6H,4H2,1-3H3,(H,13,14,15). The Kier molecular flexibility index (Phi) is 2.90. The van der Waals surface area contributed by atoms with Gasteiger partial charge in [-0.3, -0.25) is 0 Å². The number of hydrogen-bond acceptors (Lipinski definition) is 6. The van der Waals surface area contributed by atoms with E-state index in [0.29, 0.717) is 0 Å². The lowest BCUT2D eigenvalue weighted by atomic mass is 10.3. The van der Waals surface area contributed by atoms with E-state index in [-0.39, 0.29) is 0 Å². The van der Waals surface area contributed by atoms with Crippen LogP contribution in [0.4, 0.5) is 5.82 Å². The number of imidazole rings is 1. The highest BCUT2D eigenvalue weighted by molar-refractivity contribution is 7.09. The van der Waals surface area contributed by atoms with E-state index in [9.17, 15) is 0 Å². The molecule has 0 aliphatic rings. The number of aromatic amines is 1. The quantitative estimate of drug-likeness (QED) is 0.792. The summed E-state index contributed by atoms with van der Waals surface area (Å²) in [5.74, 6) is 1.69. The zero-order valence-corrected chi connectivity index (χ0v) is 11.8. The molecule has 6 nitrogen and oxygen atoms in total. The second-order valence-electron chi connectivity index (χ2n) is 4.42. The molecule has 3 aromatic rings. The molecule has 0 saturated carbocycles. The largest absolute Gasteiger partial charge is 0.363 e. The molecule has 0 aliphatic carbocycles. The zero-order valence-electron chi connectivity index (χ0n) is 11.0. The Balaban J connectivity index is 2.11. The number of fused-ring (bicyclic) bond motifs is 1. The molecule has 0 radical (unpaired) electrons. The second kappa shape index (κ2) is 4.58. The van der Waals surface area contributed by atoms with E-state index in [1.807, 2.05) is 31.1 Å². The van der Waals surface area contributed by atoms with E-state index in [0.717, 1.165) is 39.8 Å². The van der Waals surface area contributed by atoms with Crippen LogP contribution in [0.15, 0.2) is 12.1 Å². The van der Waals surface area contributed by atoms with E-state index in [2.05, 4.69) is 31.5 Å². The number of anilines is 1. The van der Waals surface area contributed by atoms with Crippen molar-refractivity contribution in [3.8, 4) is 10.7 Å². The predicted octanol–water partition coefficient (Wildman–Crippen LogP) is 2.10. The van der Waals surface area contributed by atoms with Gasteiger partial charge in [0.05, 0.1) is 11.2 Å². The van der Waals surface area contributed by atoms with Crippen molar-refractivity contribution in [2.45, 2.75) is 13.3 Å². The van der Waals surface area contributed by atoms with Crippen LogP contribution in [-0.4, -0.2) is 38.6 Å². The van der Waals surface area contributed by atoms with Gasteiger partial charge in [0.15, 0.2) is 11.5 Å². The summed E-state index contributed by atoms with van der Waals surface area (Å²) in [6.45, 7) is 2.06. The molecule has 19 heavy (non-hydrogen) atoms. The van der Waals surface area contributed by atoms with Gasteiger partial charge in [-0.25, -0.2) is 9.97 Å². The Labute approximate surface area is 114 Å². The third kappa shape index (κ3) is 2.06. The Morgan fingerprint density at radius 2 is 2.11 bits per heavy atom. The number of nitrogens with zero attached hydrogens (tertiary/aromatic N) is 5. The molecule has 0 fully saturated rings. The summed E-state index contributed by atoms with van der Waals surface area (Å²) in [5.41, 5.74) is 2.62. The Morgan fingerprint density at radius 1 is 1.26 bits per heavy atom. The Morgan fingerprint density at radius 3 is 2.84 bits per heavy atom. The molecule has 0 aromatic carbocycles. The van der Waals surface area contributed by atoms with Crippen LogP contribution in [-0.2, 0) is 6.42 Å². The van der Waals surface area contributed by atoms with Crippen molar-refractivity contribution in [2.24, 2.45) is 0 Å². The second-order valence-corrected chi connectivity index (χ2v) is 5.18. The van der Waals surface area contributed by atoms with Crippen molar-refractivity contribution in [1.29, 1.82) is 0 Å². The van der Waals surface area contributed by atoms with Crippen LogP contribution in [0.1, 0.15) is 12.6 Å². The first-order valence-electron chi connectivity index (χ1n) is 6.04. The lowest BCUT2D eigenvalue weighted by Crippen LogP contribution is -2.10. The number of H-pyrrole nitrogens is 1. The zero-order chi connectivity index (χ0) is 13.4. The summed E-state index contributed by atoms with van der Waals surface area (Å²) in [4.78, 5) is 15.3. The van der Waals surface area contributed by atoms with Crippen molar-refractivity contribution in [2.75, 3.05) is 19.0 Å². The lowest BCUT2D eigenvalue weighted by molar-refractivity contribution is 0.989. The molecule has 7 heteroatoms. The molecule has 0 bridgehead atoms. The maximum atomic E-state index is 4.54. The fourth-order valence-corrected chi connectivity index (χ4v) is 2.55. The van der Waals surface area contributed by atoms with Crippen molar-refractivity contribution >= 4 is 28.5 Å². The number of hydrogen-bond donors (Lipinski definition) is 1. The van der Waals surface area contributed by atoms with Crippen molar-refractivity contribution in [3.05, 3.63) is 17.8 Å². The Hall–Kier alpha value is -2.02. The fraction of sp³-hybridized carbons (Fsp3) is 0.333. The molecule has 3 heterocycles. The third-order valence-electron chi connectivity index (χ3n) is 2.90. The van der Waals surface area contributed by atoms with Crippen molar-refractivity contribution < 1.29 is 0 Å². The van der Waals surface area contributed by atoms with E-state index in [1.165, 1.54) is 11.5 Å².